The van der Waals surface area contributed by atoms with Gasteiger partial charge in [0.1, 0.15) is 0 Å². The van der Waals surface area contributed by atoms with Crippen molar-refractivity contribution in [2.24, 2.45) is 5.73 Å². The van der Waals surface area contributed by atoms with Gasteiger partial charge in [0, 0.05) is 12.9 Å². The van der Waals surface area contributed by atoms with Gasteiger partial charge in [0.05, 0.1) is 12.1 Å². The number of carbonyl (C=O) groups is 1. The summed E-state index contributed by atoms with van der Waals surface area (Å²) in [6.07, 6.45) is 2.92. The molecule has 0 heterocycles. The van der Waals surface area contributed by atoms with Crippen molar-refractivity contribution in [2.75, 3.05) is 32.3 Å². The third kappa shape index (κ3) is 6.35. The number of methoxy groups -OCH3 is 1. The van der Waals surface area contributed by atoms with Crippen molar-refractivity contribution in [1.82, 2.24) is 5.32 Å². The number of thioether (sulfide) groups is 1. The Balaban J connectivity index is 3.53. The van der Waals surface area contributed by atoms with E-state index in [-0.39, 0.29) is 5.91 Å². The Labute approximate surface area is 103 Å². The molecule has 0 saturated carbocycles. The van der Waals surface area contributed by atoms with Crippen molar-refractivity contribution >= 4 is 17.7 Å². The molecule has 0 radical (unpaired) electrons. The van der Waals surface area contributed by atoms with E-state index in [1.807, 2.05) is 18.7 Å². The SMILES string of the molecule is CNC(C)(CCCCSCCOC)C(N)=O. The third-order valence-electron chi connectivity index (χ3n) is 2.74. The van der Waals surface area contributed by atoms with Gasteiger partial charge in [-0.3, -0.25) is 4.79 Å². The van der Waals surface area contributed by atoms with Crippen molar-refractivity contribution in [3.8, 4) is 0 Å². The van der Waals surface area contributed by atoms with Gasteiger partial charge in [-0.15, -0.1) is 0 Å². The first-order chi connectivity index (χ1) is 7.56. The number of rotatable bonds is 10. The van der Waals surface area contributed by atoms with E-state index in [2.05, 4.69) is 5.32 Å². The standard InChI is InChI=1S/C11H24N2O2S/c1-11(13-2,10(12)14)6-4-5-8-16-9-7-15-3/h13H,4-9H2,1-3H3,(H2,12,14). The predicted molar refractivity (Wildman–Crippen MR) is 69.7 cm³/mol. The van der Waals surface area contributed by atoms with Gasteiger partial charge in [-0.05, 0) is 32.6 Å². The van der Waals surface area contributed by atoms with Crippen LogP contribution in [0.5, 0.6) is 0 Å². The summed E-state index contributed by atoms with van der Waals surface area (Å²) in [5, 5.41) is 2.99. The molecule has 5 heteroatoms. The van der Waals surface area contributed by atoms with Crippen LogP contribution >= 0.6 is 11.8 Å². The van der Waals surface area contributed by atoms with Crippen LogP contribution in [0.3, 0.4) is 0 Å². The highest BCUT2D eigenvalue weighted by atomic mass is 32.2. The van der Waals surface area contributed by atoms with Crippen LogP contribution in [0.1, 0.15) is 26.2 Å². The number of primary amides is 1. The molecule has 0 bridgehead atoms. The first kappa shape index (κ1) is 15.7. The molecule has 1 amide bonds. The van der Waals surface area contributed by atoms with E-state index in [1.54, 1.807) is 14.2 Å². The number of hydrogen-bond acceptors (Lipinski definition) is 4. The van der Waals surface area contributed by atoms with Crippen molar-refractivity contribution in [2.45, 2.75) is 31.7 Å². The number of carbonyl (C=O) groups excluding carboxylic acids is 1. The topological polar surface area (TPSA) is 64.3 Å². The molecule has 0 aliphatic rings. The summed E-state index contributed by atoms with van der Waals surface area (Å²) >= 11 is 1.88. The van der Waals surface area contributed by atoms with E-state index in [0.29, 0.717) is 0 Å². The molecule has 0 aliphatic heterocycles. The normalized spacial score (nSPS) is 14.7. The molecule has 0 rings (SSSR count). The number of amides is 1. The van der Waals surface area contributed by atoms with Crippen molar-refractivity contribution in [3.63, 3.8) is 0 Å². The number of nitrogens with one attached hydrogen (secondary N) is 1. The van der Waals surface area contributed by atoms with E-state index in [4.69, 9.17) is 10.5 Å². The van der Waals surface area contributed by atoms with Gasteiger partial charge in [0.15, 0.2) is 0 Å². The summed E-state index contributed by atoms with van der Waals surface area (Å²) in [5.74, 6) is 1.87. The Hall–Kier alpha value is -0.260. The maximum atomic E-state index is 11.2. The third-order valence-corrected chi connectivity index (χ3v) is 3.78. The van der Waals surface area contributed by atoms with Crippen LogP contribution in [0, 0.1) is 0 Å². The Morgan fingerprint density at radius 1 is 1.44 bits per heavy atom. The summed E-state index contributed by atoms with van der Waals surface area (Å²) in [4.78, 5) is 11.2. The van der Waals surface area contributed by atoms with Crippen molar-refractivity contribution < 1.29 is 9.53 Å². The molecule has 0 aromatic carbocycles. The number of nitrogens with two attached hydrogens (primary N) is 1. The minimum absolute atomic E-state index is 0.276. The lowest BCUT2D eigenvalue weighted by Gasteiger charge is -2.25. The zero-order valence-electron chi connectivity index (χ0n) is 10.5. The molecular weight excluding hydrogens is 224 g/mol. The van der Waals surface area contributed by atoms with Gasteiger partial charge in [0.25, 0.3) is 0 Å². The van der Waals surface area contributed by atoms with Crippen LogP contribution < -0.4 is 11.1 Å². The van der Waals surface area contributed by atoms with Crippen LogP contribution in [0.15, 0.2) is 0 Å². The molecule has 1 unspecified atom stereocenters. The Kier molecular flexibility index (Phi) is 8.70. The monoisotopic (exact) mass is 248 g/mol. The minimum Gasteiger partial charge on any atom is -0.384 e. The largest absolute Gasteiger partial charge is 0.384 e. The molecule has 0 aromatic rings. The van der Waals surface area contributed by atoms with Crippen LogP contribution in [0.4, 0.5) is 0 Å². The van der Waals surface area contributed by atoms with E-state index >= 15 is 0 Å². The van der Waals surface area contributed by atoms with Crippen molar-refractivity contribution in [3.05, 3.63) is 0 Å². The first-order valence-electron chi connectivity index (χ1n) is 5.62. The van der Waals surface area contributed by atoms with Gasteiger partial charge < -0.3 is 15.8 Å². The number of likely N-dealkylation sites (N-methyl/N-ethyl adjacent to an activating group) is 1. The molecule has 0 aliphatic carbocycles. The maximum Gasteiger partial charge on any atom is 0.237 e. The molecule has 16 heavy (non-hydrogen) atoms. The fraction of sp³-hybridized carbons (Fsp3) is 0.909. The zero-order valence-corrected chi connectivity index (χ0v) is 11.4. The Morgan fingerprint density at radius 3 is 2.62 bits per heavy atom. The summed E-state index contributed by atoms with van der Waals surface area (Å²) in [6, 6.07) is 0. The highest BCUT2D eigenvalue weighted by molar-refractivity contribution is 7.99. The molecule has 0 fully saturated rings. The predicted octanol–water partition coefficient (Wildman–Crippen LogP) is 1.000. The van der Waals surface area contributed by atoms with Gasteiger partial charge in [-0.1, -0.05) is 6.42 Å². The Morgan fingerprint density at radius 2 is 2.12 bits per heavy atom. The van der Waals surface area contributed by atoms with Crippen LogP contribution in [0.2, 0.25) is 0 Å². The van der Waals surface area contributed by atoms with Crippen LogP contribution in [0.25, 0.3) is 0 Å². The summed E-state index contributed by atoms with van der Waals surface area (Å²) in [7, 11) is 3.49. The fourth-order valence-corrected chi connectivity index (χ4v) is 2.20. The van der Waals surface area contributed by atoms with Gasteiger partial charge in [-0.2, -0.15) is 11.8 Å². The minimum atomic E-state index is -0.558. The van der Waals surface area contributed by atoms with Gasteiger partial charge >= 0.3 is 0 Å². The van der Waals surface area contributed by atoms with Gasteiger partial charge in [-0.25, -0.2) is 0 Å². The molecule has 1 atom stereocenters. The lowest BCUT2D eigenvalue weighted by molar-refractivity contribution is -0.123. The highest BCUT2D eigenvalue weighted by Gasteiger charge is 2.27. The van der Waals surface area contributed by atoms with E-state index < -0.39 is 5.54 Å². The molecular formula is C11H24N2O2S. The first-order valence-corrected chi connectivity index (χ1v) is 6.78. The summed E-state index contributed by atoms with van der Waals surface area (Å²) in [5.41, 5.74) is 4.78. The highest BCUT2D eigenvalue weighted by Crippen LogP contribution is 2.14. The Bertz CT molecular complexity index is 202. The van der Waals surface area contributed by atoms with Crippen LogP contribution in [-0.4, -0.2) is 43.7 Å². The zero-order chi connectivity index (χ0) is 12.4. The number of hydrogen-bond donors (Lipinski definition) is 2. The lowest BCUT2D eigenvalue weighted by Crippen LogP contribution is -2.51. The maximum absolute atomic E-state index is 11.2. The van der Waals surface area contributed by atoms with E-state index in [1.165, 1.54) is 0 Å². The molecule has 0 aromatic heterocycles. The second kappa shape index (κ2) is 8.84. The number of ether oxygens (including phenoxy) is 1. The van der Waals surface area contributed by atoms with E-state index in [0.717, 1.165) is 37.4 Å². The average Bonchev–Trinajstić information content (AvgIpc) is 2.27. The van der Waals surface area contributed by atoms with E-state index in [9.17, 15) is 4.79 Å². The smallest absolute Gasteiger partial charge is 0.237 e. The average molecular weight is 248 g/mol. The molecule has 96 valence electrons. The number of unbranched alkanes of at least 4 members (excludes halogenated alkanes) is 1. The lowest BCUT2D eigenvalue weighted by atomic mass is 9.94. The molecule has 0 spiro atoms. The van der Waals surface area contributed by atoms with Crippen LogP contribution in [-0.2, 0) is 9.53 Å². The summed E-state index contributed by atoms with van der Waals surface area (Å²) < 4.78 is 4.96. The quantitative estimate of drug-likeness (QED) is 0.566. The van der Waals surface area contributed by atoms with Gasteiger partial charge in [0.2, 0.25) is 5.91 Å². The second-order valence-corrected chi connectivity index (χ2v) is 5.23. The molecule has 0 saturated heterocycles. The molecule has 4 nitrogen and oxygen atoms in total. The second-order valence-electron chi connectivity index (χ2n) is 4.01. The molecule has 3 N–H and O–H groups in total. The van der Waals surface area contributed by atoms with Crippen molar-refractivity contribution in [1.29, 1.82) is 0 Å². The summed E-state index contributed by atoms with van der Waals surface area (Å²) in [6.45, 7) is 2.66. The fourth-order valence-electron chi connectivity index (χ4n) is 1.30.